The summed E-state index contributed by atoms with van der Waals surface area (Å²) in [5.41, 5.74) is -0.794. The van der Waals surface area contributed by atoms with E-state index in [1.165, 1.54) is 25.7 Å². The second kappa shape index (κ2) is 4.17. The van der Waals surface area contributed by atoms with E-state index in [4.69, 9.17) is 0 Å². The number of fused-ring (bicyclic) bond motifs is 1. The van der Waals surface area contributed by atoms with Crippen LogP contribution in [0, 0.1) is 5.92 Å². The maximum absolute atomic E-state index is 12.6. The number of nitrogens with zero attached hydrogens (tertiary/aromatic N) is 2. The molecule has 1 N–H and O–H groups in total. The summed E-state index contributed by atoms with van der Waals surface area (Å²) in [6, 6.07) is 0.295. The maximum Gasteiger partial charge on any atom is 0.434 e. The molecule has 1 unspecified atom stereocenters. The van der Waals surface area contributed by atoms with Gasteiger partial charge in [-0.1, -0.05) is 12.8 Å². The van der Waals surface area contributed by atoms with Crippen molar-refractivity contribution in [3.63, 3.8) is 0 Å². The largest absolute Gasteiger partial charge is 0.434 e. The maximum atomic E-state index is 12.6. The molecule has 0 spiro atoms. The second-order valence-electron chi connectivity index (χ2n) is 5.22. The van der Waals surface area contributed by atoms with Crippen LogP contribution >= 0.6 is 0 Å². The van der Waals surface area contributed by atoms with Crippen molar-refractivity contribution in [2.75, 3.05) is 5.32 Å². The van der Waals surface area contributed by atoms with Crippen LogP contribution in [0.25, 0.3) is 0 Å². The third kappa shape index (κ3) is 2.08. The topological polar surface area (TPSA) is 29.9 Å². The normalized spacial score (nSPS) is 24.9. The van der Waals surface area contributed by atoms with Gasteiger partial charge in [-0.15, -0.1) is 0 Å². The number of anilines is 1. The van der Waals surface area contributed by atoms with Gasteiger partial charge in [0, 0.05) is 18.8 Å². The minimum Gasteiger partial charge on any atom is -0.353 e. The molecular formula is C12H16F3N3. The molecule has 2 heterocycles. The van der Waals surface area contributed by atoms with Gasteiger partial charge in [0.05, 0.1) is 0 Å². The Morgan fingerprint density at radius 3 is 2.61 bits per heavy atom. The van der Waals surface area contributed by atoms with Crippen LogP contribution in [0.5, 0.6) is 0 Å². The van der Waals surface area contributed by atoms with E-state index in [0.717, 1.165) is 12.6 Å². The van der Waals surface area contributed by atoms with Gasteiger partial charge in [-0.2, -0.15) is 13.2 Å². The molecule has 1 saturated carbocycles. The minimum atomic E-state index is -4.35. The van der Waals surface area contributed by atoms with Crippen LogP contribution in [-0.4, -0.2) is 15.6 Å². The zero-order valence-corrected chi connectivity index (χ0v) is 10.0. The van der Waals surface area contributed by atoms with Crippen molar-refractivity contribution in [3.05, 3.63) is 11.9 Å². The highest BCUT2D eigenvalue weighted by molar-refractivity contribution is 5.33. The summed E-state index contributed by atoms with van der Waals surface area (Å²) in [5.74, 6) is 0.982. The summed E-state index contributed by atoms with van der Waals surface area (Å²) >= 11 is 0. The molecule has 100 valence electrons. The number of nitrogens with one attached hydrogen (secondary N) is 1. The van der Waals surface area contributed by atoms with Crippen molar-refractivity contribution < 1.29 is 13.2 Å². The molecule has 0 amide bonds. The van der Waals surface area contributed by atoms with Crippen molar-refractivity contribution in [2.24, 2.45) is 5.92 Å². The van der Waals surface area contributed by atoms with Gasteiger partial charge in [0.2, 0.25) is 5.95 Å². The third-order valence-electron chi connectivity index (χ3n) is 4.03. The van der Waals surface area contributed by atoms with Crippen molar-refractivity contribution >= 4 is 5.95 Å². The van der Waals surface area contributed by atoms with Crippen molar-refractivity contribution in [1.82, 2.24) is 9.55 Å². The van der Waals surface area contributed by atoms with Crippen LogP contribution < -0.4 is 5.32 Å². The average molecular weight is 259 g/mol. The van der Waals surface area contributed by atoms with Crippen LogP contribution in [0.1, 0.15) is 37.8 Å². The summed E-state index contributed by atoms with van der Waals surface area (Å²) in [5, 5.41) is 3.18. The van der Waals surface area contributed by atoms with Gasteiger partial charge in [0.25, 0.3) is 0 Å². The molecule has 6 heteroatoms. The molecule has 1 atom stereocenters. The molecule has 18 heavy (non-hydrogen) atoms. The monoisotopic (exact) mass is 259 g/mol. The van der Waals surface area contributed by atoms with E-state index >= 15 is 0 Å². The number of aromatic nitrogens is 2. The quantitative estimate of drug-likeness (QED) is 0.838. The number of imidazole rings is 1. The summed E-state index contributed by atoms with van der Waals surface area (Å²) in [7, 11) is 0. The Hall–Kier alpha value is -1.20. The van der Waals surface area contributed by atoms with E-state index in [1.54, 1.807) is 4.57 Å². The highest BCUT2D eigenvalue weighted by Gasteiger charge is 2.36. The van der Waals surface area contributed by atoms with Crippen LogP contribution in [0.2, 0.25) is 0 Å². The van der Waals surface area contributed by atoms with Crippen LogP contribution in [-0.2, 0) is 12.7 Å². The molecular weight excluding hydrogens is 243 g/mol. The van der Waals surface area contributed by atoms with Crippen LogP contribution in [0.4, 0.5) is 19.1 Å². The van der Waals surface area contributed by atoms with Crippen LogP contribution in [0.15, 0.2) is 6.20 Å². The van der Waals surface area contributed by atoms with Crippen LogP contribution in [0.3, 0.4) is 0 Å². The first-order chi connectivity index (χ1) is 8.54. The number of aryl methyl sites for hydroxylation is 1. The zero-order valence-electron chi connectivity index (χ0n) is 10.0. The van der Waals surface area contributed by atoms with Crippen molar-refractivity contribution in [3.8, 4) is 0 Å². The molecule has 1 fully saturated rings. The Bertz CT molecular complexity index is 432. The SMILES string of the molecule is FC(F)(F)c1cn2c(n1)NC(C1CCCC1)CC2. The van der Waals surface area contributed by atoms with Gasteiger partial charge in [0.15, 0.2) is 5.69 Å². The standard InChI is InChI=1S/C12H16F3N3/c13-12(14,15)10-7-18-6-5-9(16-11(18)17-10)8-3-1-2-4-8/h7-9H,1-6H2,(H,16,17). The number of rotatable bonds is 1. The fraction of sp³-hybridized carbons (Fsp3) is 0.750. The van der Waals surface area contributed by atoms with Gasteiger partial charge >= 0.3 is 6.18 Å². The van der Waals surface area contributed by atoms with E-state index < -0.39 is 11.9 Å². The fourth-order valence-corrected chi connectivity index (χ4v) is 3.07. The lowest BCUT2D eigenvalue weighted by molar-refractivity contribution is -0.140. The second-order valence-corrected chi connectivity index (χ2v) is 5.22. The lowest BCUT2D eigenvalue weighted by Gasteiger charge is -2.29. The summed E-state index contributed by atoms with van der Waals surface area (Å²) in [4.78, 5) is 3.67. The fourth-order valence-electron chi connectivity index (χ4n) is 3.07. The summed E-state index contributed by atoms with van der Waals surface area (Å²) in [6.07, 6.45) is 2.50. The predicted molar refractivity (Wildman–Crippen MR) is 61.2 cm³/mol. The Morgan fingerprint density at radius 1 is 1.22 bits per heavy atom. The first kappa shape index (κ1) is 11.9. The first-order valence-corrected chi connectivity index (χ1v) is 6.45. The number of alkyl halides is 3. The van der Waals surface area contributed by atoms with E-state index in [1.807, 2.05) is 0 Å². The van der Waals surface area contributed by atoms with Crippen molar-refractivity contribution in [2.45, 2.75) is 50.9 Å². The Labute approximate surface area is 103 Å². The predicted octanol–water partition coefficient (Wildman–Crippen LogP) is 3.28. The summed E-state index contributed by atoms with van der Waals surface area (Å²) in [6.45, 7) is 0.632. The molecule has 0 aromatic carbocycles. The lowest BCUT2D eigenvalue weighted by atomic mass is 9.94. The van der Waals surface area contributed by atoms with Crippen molar-refractivity contribution in [1.29, 1.82) is 0 Å². The smallest absolute Gasteiger partial charge is 0.353 e. The molecule has 3 nitrogen and oxygen atoms in total. The van der Waals surface area contributed by atoms with Gasteiger partial charge in [-0.3, -0.25) is 0 Å². The molecule has 1 aliphatic carbocycles. The van der Waals surface area contributed by atoms with Gasteiger partial charge < -0.3 is 9.88 Å². The average Bonchev–Trinajstić information content (AvgIpc) is 2.96. The number of hydrogen-bond donors (Lipinski definition) is 1. The van der Waals surface area contributed by atoms with Gasteiger partial charge in [0.1, 0.15) is 0 Å². The van der Waals surface area contributed by atoms with E-state index in [9.17, 15) is 13.2 Å². The lowest BCUT2D eigenvalue weighted by Crippen LogP contribution is -2.34. The number of hydrogen-bond acceptors (Lipinski definition) is 2. The molecule has 1 aromatic heterocycles. The Morgan fingerprint density at radius 2 is 1.94 bits per heavy atom. The molecule has 1 aliphatic heterocycles. The summed E-state index contributed by atoms with van der Waals surface area (Å²) < 4.78 is 39.3. The molecule has 0 bridgehead atoms. The van der Waals surface area contributed by atoms with Gasteiger partial charge in [-0.05, 0) is 25.2 Å². The Balaban J connectivity index is 1.78. The van der Waals surface area contributed by atoms with Gasteiger partial charge in [-0.25, -0.2) is 4.98 Å². The zero-order chi connectivity index (χ0) is 12.8. The van der Waals surface area contributed by atoms with E-state index in [2.05, 4.69) is 10.3 Å². The molecule has 3 rings (SSSR count). The molecule has 0 radical (unpaired) electrons. The number of halogens is 3. The highest BCUT2D eigenvalue weighted by Crippen LogP contribution is 2.35. The van der Waals surface area contributed by atoms with E-state index in [0.29, 0.717) is 24.5 Å². The molecule has 1 aromatic rings. The third-order valence-corrected chi connectivity index (χ3v) is 4.03. The van der Waals surface area contributed by atoms with E-state index in [-0.39, 0.29) is 0 Å². The molecule has 2 aliphatic rings. The highest BCUT2D eigenvalue weighted by atomic mass is 19.4. The Kier molecular flexibility index (Phi) is 2.75. The minimum absolute atomic E-state index is 0.295. The first-order valence-electron chi connectivity index (χ1n) is 6.45. The molecule has 0 saturated heterocycles.